The molecule has 1 aromatic rings. The average molecular weight is 260 g/mol. The van der Waals surface area contributed by atoms with E-state index in [-0.39, 0.29) is 11.6 Å². The first kappa shape index (κ1) is 14.1. The lowest BCUT2D eigenvalue weighted by molar-refractivity contribution is 0.344. The lowest BCUT2D eigenvalue weighted by Crippen LogP contribution is -2.52. The van der Waals surface area contributed by atoms with Gasteiger partial charge in [0.15, 0.2) is 5.03 Å². The minimum atomic E-state index is -3.58. The van der Waals surface area contributed by atoms with Crippen molar-refractivity contribution in [2.75, 3.05) is 6.54 Å². The Kier molecular flexibility index (Phi) is 4.29. The van der Waals surface area contributed by atoms with Crippen molar-refractivity contribution >= 4 is 10.0 Å². The highest BCUT2D eigenvalue weighted by Crippen LogP contribution is 2.18. The molecule has 1 rings (SSSR count). The van der Waals surface area contributed by atoms with Crippen LogP contribution in [0.2, 0.25) is 0 Å². The second-order valence-electron chi connectivity index (χ2n) is 4.88. The van der Waals surface area contributed by atoms with Crippen LogP contribution in [0.25, 0.3) is 0 Å². The maximum absolute atomic E-state index is 12.0. The zero-order valence-electron chi connectivity index (χ0n) is 10.4. The fourth-order valence-electron chi connectivity index (χ4n) is 1.84. The van der Waals surface area contributed by atoms with Gasteiger partial charge in [-0.25, -0.2) is 18.1 Å². The lowest BCUT2D eigenvalue weighted by atomic mass is 9.92. The smallest absolute Gasteiger partial charge is 0.258 e. The summed E-state index contributed by atoms with van der Waals surface area (Å²) in [6.07, 6.45) is 3.28. The summed E-state index contributed by atoms with van der Waals surface area (Å²) in [6.45, 7) is 6.11. The number of nitrogens with two attached hydrogens (primary N) is 1. The second-order valence-corrected chi connectivity index (χ2v) is 6.53. The van der Waals surface area contributed by atoms with Gasteiger partial charge in [-0.15, -0.1) is 0 Å². The maximum atomic E-state index is 12.0. The molecule has 0 saturated heterocycles. The van der Waals surface area contributed by atoms with Crippen LogP contribution in [0.4, 0.5) is 0 Å². The van der Waals surface area contributed by atoms with Crippen LogP contribution in [0, 0.1) is 5.92 Å². The molecule has 1 aromatic heterocycles. The summed E-state index contributed by atoms with van der Waals surface area (Å²) in [4.78, 5) is 6.27. The Bertz CT molecular complexity index is 441. The number of hydrogen-bond donors (Lipinski definition) is 3. The van der Waals surface area contributed by atoms with Crippen molar-refractivity contribution in [2.24, 2.45) is 11.7 Å². The Morgan fingerprint density at radius 3 is 2.65 bits per heavy atom. The third kappa shape index (κ3) is 3.79. The zero-order chi connectivity index (χ0) is 13.1. The van der Waals surface area contributed by atoms with Crippen LogP contribution in [-0.2, 0) is 10.0 Å². The Balaban J connectivity index is 2.88. The first-order chi connectivity index (χ1) is 7.79. The fraction of sp³-hybridized carbons (Fsp3) is 0.700. The van der Waals surface area contributed by atoms with E-state index in [1.807, 2.05) is 13.8 Å². The minimum Gasteiger partial charge on any atom is -0.335 e. The number of H-pyrrole nitrogens is 1. The van der Waals surface area contributed by atoms with Gasteiger partial charge >= 0.3 is 0 Å². The van der Waals surface area contributed by atoms with E-state index in [4.69, 9.17) is 5.73 Å². The normalized spacial score (nSPS) is 16.1. The molecule has 1 atom stereocenters. The number of nitrogens with one attached hydrogen (secondary N) is 2. The van der Waals surface area contributed by atoms with Crippen LogP contribution < -0.4 is 10.5 Å². The summed E-state index contributed by atoms with van der Waals surface area (Å²) in [5.41, 5.74) is 5.02. The fourth-order valence-corrected chi connectivity index (χ4v) is 3.17. The Hall–Kier alpha value is -0.920. The van der Waals surface area contributed by atoms with Gasteiger partial charge in [-0.1, -0.05) is 13.8 Å². The molecule has 1 heterocycles. The molecule has 0 bridgehead atoms. The summed E-state index contributed by atoms with van der Waals surface area (Å²) in [7, 11) is -3.58. The van der Waals surface area contributed by atoms with Crippen LogP contribution >= 0.6 is 0 Å². The van der Waals surface area contributed by atoms with E-state index in [0.717, 1.165) is 0 Å². The molecule has 0 radical (unpaired) electrons. The van der Waals surface area contributed by atoms with Crippen molar-refractivity contribution in [3.63, 3.8) is 0 Å². The van der Waals surface area contributed by atoms with E-state index in [0.29, 0.717) is 12.3 Å². The van der Waals surface area contributed by atoms with Crippen LogP contribution in [-0.4, -0.2) is 30.5 Å². The van der Waals surface area contributed by atoms with Crippen molar-refractivity contribution in [1.82, 2.24) is 14.7 Å². The molecule has 0 spiro atoms. The number of aromatic nitrogens is 2. The molecule has 0 fully saturated rings. The van der Waals surface area contributed by atoms with Gasteiger partial charge in [0.25, 0.3) is 10.0 Å². The summed E-state index contributed by atoms with van der Waals surface area (Å²) in [5, 5.41) is 0.0564. The van der Waals surface area contributed by atoms with E-state index < -0.39 is 15.6 Å². The Labute approximate surface area is 102 Å². The van der Waals surface area contributed by atoms with Gasteiger partial charge in [0.05, 0.1) is 12.5 Å². The molecule has 0 amide bonds. The van der Waals surface area contributed by atoms with Crippen LogP contribution in [0.5, 0.6) is 0 Å². The molecule has 0 saturated carbocycles. The molecule has 6 nitrogen and oxygen atoms in total. The quantitative estimate of drug-likeness (QED) is 0.691. The molecule has 98 valence electrons. The minimum absolute atomic E-state index is 0.0564. The SMILES string of the molecule is CC(C)CC(C)(CN)NS(=O)(=O)c1cnc[nH]1. The van der Waals surface area contributed by atoms with Crippen molar-refractivity contribution in [1.29, 1.82) is 0 Å². The molecule has 7 heteroatoms. The van der Waals surface area contributed by atoms with Crippen molar-refractivity contribution in [3.8, 4) is 0 Å². The van der Waals surface area contributed by atoms with Gasteiger partial charge in [0.1, 0.15) is 0 Å². The molecule has 17 heavy (non-hydrogen) atoms. The van der Waals surface area contributed by atoms with Crippen LogP contribution in [0.1, 0.15) is 27.2 Å². The number of nitrogens with zero attached hydrogens (tertiary/aromatic N) is 1. The van der Waals surface area contributed by atoms with Crippen molar-refractivity contribution in [3.05, 3.63) is 12.5 Å². The van der Waals surface area contributed by atoms with E-state index in [1.165, 1.54) is 12.5 Å². The lowest BCUT2D eigenvalue weighted by Gasteiger charge is -2.30. The predicted octanol–water partition coefficient (Wildman–Crippen LogP) is 0.452. The van der Waals surface area contributed by atoms with Crippen LogP contribution in [0.15, 0.2) is 17.6 Å². The predicted molar refractivity (Wildman–Crippen MR) is 65.8 cm³/mol. The van der Waals surface area contributed by atoms with E-state index in [9.17, 15) is 8.42 Å². The first-order valence-corrected chi connectivity index (χ1v) is 7.00. The molecule has 1 unspecified atom stereocenters. The molecule has 0 aliphatic carbocycles. The van der Waals surface area contributed by atoms with Crippen molar-refractivity contribution in [2.45, 2.75) is 37.8 Å². The largest absolute Gasteiger partial charge is 0.335 e. The standard InChI is InChI=1S/C10H20N4O2S/c1-8(2)4-10(3,6-11)14-17(15,16)9-5-12-7-13-9/h5,7-8,14H,4,6,11H2,1-3H3,(H,12,13). The Morgan fingerprint density at radius 2 is 2.24 bits per heavy atom. The highest BCUT2D eigenvalue weighted by atomic mass is 32.2. The van der Waals surface area contributed by atoms with Gasteiger partial charge in [-0.3, -0.25) is 0 Å². The first-order valence-electron chi connectivity index (χ1n) is 5.51. The third-order valence-corrected chi connectivity index (χ3v) is 4.02. The highest BCUT2D eigenvalue weighted by Gasteiger charge is 2.30. The van der Waals surface area contributed by atoms with E-state index in [1.54, 1.807) is 6.92 Å². The van der Waals surface area contributed by atoms with E-state index >= 15 is 0 Å². The second kappa shape index (κ2) is 5.16. The molecule has 0 aliphatic rings. The number of rotatable bonds is 6. The van der Waals surface area contributed by atoms with Gasteiger partial charge < -0.3 is 10.7 Å². The van der Waals surface area contributed by atoms with Gasteiger partial charge in [0, 0.05) is 12.1 Å². The summed E-state index contributed by atoms with van der Waals surface area (Å²) in [6, 6.07) is 0. The molecular formula is C10H20N4O2S. The number of sulfonamides is 1. The summed E-state index contributed by atoms with van der Waals surface area (Å²) in [5.74, 6) is 0.355. The number of hydrogen-bond acceptors (Lipinski definition) is 4. The Morgan fingerprint density at radius 1 is 1.59 bits per heavy atom. The van der Waals surface area contributed by atoms with Gasteiger partial charge in [-0.05, 0) is 19.3 Å². The molecule has 4 N–H and O–H groups in total. The highest BCUT2D eigenvalue weighted by molar-refractivity contribution is 7.89. The monoisotopic (exact) mass is 260 g/mol. The number of aromatic amines is 1. The maximum Gasteiger partial charge on any atom is 0.258 e. The topological polar surface area (TPSA) is 101 Å². The number of imidazole rings is 1. The summed E-state index contributed by atoms with van der Waals surface area (Å²) >= 11 is 0. The van der Waals surface area contributed by atoms with E-state index in [2.05, 4.69) is 14.7 Å². The molecule has 0 aliphatic heterocycles. The third-order valence-electron chi connectivity index (χ3n) is 2.45. The molecular weight excluding hydrogens is 240 g/mol. The summed E-state index contributed by atoms with van der Waals surface area (Å²) < 4.78 is 26.7. The average Bonchev–Trinajstić information content (AvgIpc) is 2.68. The van der Waals surface area contributed by atoms with Gasteiger partial charge in [0.2, 0.25) is 0 Å². The zero-order valence-corrected chi connectivity index (χ0v) is 11.2. The van der Waals surface area contributed by atoms with Crippen molar-refractivity contribution < 1.29 is 8.42 Å². The van der Waals surface area contributed by atoms with Crippen LogP contribution in [0.3, 0.4) is 0 Å². The molecule has 0 aromatic carbocycles. The van der Waals surface area contributed by atoms with Gasteiger partial charge in [-0.2, -0.15) is 0 Å².